The van der Waals surface area contributed by atoms with Gasteiger partial charge in [0.25, 0.3) is 0 Å². The van der Waals surface area contributed by atoms with Crippen molar-refractivity contribution in [3.8, 4) is 6.07 Å². The first-order chi connectivity index (χ1) is 12.7. The first-order valence-electron chi connectivity index (χ1n) is 10.2. The molecule has 1 aromatic carbocycles. The smallest absolute Gasteiger partial charge is 0.413 e. The molecule has 154 valence electrons. The van der Waals surface area contributed by atoms with Crippen LogP contribution in [0.4, 0.5) is 0 Å². The van der Waals surface area contributed by atoms with E-state index in [0.29, 0.717) is 12.2 Å². The Hall–Kier alpha value is -1.13. The van der Waals surface area contributed by atoms with E-state index in [4.69, 9.17) is 13.7 Å². The van der Waals surface area contributed by atoms with E-state index >= 15 is 0 Å². The molecule has 1 aliphatic rings. The van der Waals surface area contributed by atoms with Crippen molar-refractivity contribution in [2.45, 2.75) is 97.1 Å². The van der Waals surface area contributed by atoms with Gasteiger partial charge in [-0.05, 0) is 75.8 Å². The second kappa shape index (κ2) is 7.95. The summed E-state index contributed by atoms with van der Waals surface area (Å²) < 4.78 is 18.4. The Morgan fingerprint density at radius 2 is 1.68 bits per heavy atom. The number of nitriles is 1. The van der Waals surface area contributed by atoms with Crippen LogP contribution in [0.3, 0.4) is 0 Å². The monoisotopic (exact) mass is 401 g/mol. The Bertz CT molecular complexity index is 731. The number of hydrogen-bond donors (Lipinski definition) is 0. The Kier molecular flexibility index (Phi) is 6.57. The van der Waals surface area contributed by atoms with Gasteiger partial charge in [-0.15, -0.1) is 0 Å². The summed E-state index contributed by atoms with van der Waals surface area (Å²) in [4.78, 5) is 0. The number of aryl methyl sites for hydroxylation is 1. The highest BCUT2D eigenvalue weighted by Crippen LogP contribution is 2.38. The maximum Gasteiger partial charge on any atom is 0.458 e. The van der Waals surface area contributed by atoms with Crippen LogP contribution in [0.5, 0.6) is 0 Å². The van der Waals surface area contributed by atoms with Crippen molar-refractivity contribution in [3.05, 3.63) is 34.9 Å². The van der Waals surface area contributed by atoms with Crippen molar-refractivity contribution < 1.29 is 13.7 Å². The van der Waals surface area contributed by atoms with Crippen molar-refractivity contribution in [1.82, 2.24) is 0 Å². The molecule has 1 aliphatic heterocycles. The van der Waals surface area contributed by atoms with E-state index in [2.05, 4.69) is 73.7 Å². The SMILES string of the molecule is CC1(C)OB(CCc2ccc(CO[Si](C)(C)C(C)(C)C)cc2C#N)OC1(C)C. The van der Waals surface area contributed by atoms with E-state index in [9.17, 15) is 5.26 Å². The summed E-state index contributed by atoms with van der Waals surface area (Å²) in [6.45, 7) is 20.0. The molecule has 1 heterocycles. The van der Waals surface area contributed by atoms with Gasteiger partial charge in [-0.25, -0.2) is 0 Å². The van der Waals surface area contributed by atoms with E-state index in [1.54, 1.807) is 0 Å². The average Bonchev–Trinajstić information content (AvgIpc) is 2.77. The summed E-state index contributed by atoms with van der Waals surface area (Å²) in [5, 5.41) is 9.79. The van der Waals surface area contributed by atoms with E-state index in [0.717, 1.165) is 23.9 Å². The van der Waals surface area contributed by atoms with Crippen LogP contribution in [0, 0.1) is 11.3 Å². The van der Waals surface area contributed by atoms with Crippen LogP contribution in [0.2, 0.25) is 24.5 Å². The van der Waals surface area contributed by atoms with Crippen LogP contribution < -0.4 is 0 Å². The van der Waals surface area contributed by atoms with Gasteiger partial charge >= 0.3 is 7.12 Å². The zero-order chi connectivity index (χ0) is 21.4. The standard InChI is InChI=1S/C22H36BNO3Si/c1-20(2,3)28(8,9)25-16-17-10-11-18(19(14-17)15-24)12-13-23-26-21(4,5)22(6,7)27-23/h10-11,14H,12-13,16H2,1-9H3. The first-order valence-corrected chi connectivity index (χ1v) is 13.1. The third-order valence-corrected chi connectivity index (χ3v) is 11.1. The van der Waals surface area contributed by atoms with Gasteiger partial charge in [0.15, 0.2) is 8.32 Å². The first kappa shape index (κ1) is 23.2. The second-order valence-corrected chi connectivity index (χ2v) is 15.2. The van der Waals surface area contributed by atoms with Crippen LogP contribution in [0.25, 0.3) is 0 Å². The number of rotatable bonds is 6. The highest BCUT2D eigenvalue weighted by atomic mass is 28.4. The fraction of sp³-hybridized carbons (Fsp3) is 0.682. The average molecular weight is 401 g/mol. The van der Waals surface area contributed by atoms with Gasteiger partial charge in [0, 0.05) is 0 Å². The molecule has 2 rings (SSSR count). The molecular weight excluding hydrogens is 365 g/mol. The molecule has 0 atom stereocenters. The van der Waals surface area contributed by atoms with Crippen molar-refractivity contribution in [1.29, 1.82) is 5.26 Å². The van der Waals surface area contributed by atoms with Gasteiger partial charge in [-0.1, -0.05) is 32.9 Å². The Balaban J connectivity index is 2.02. The summed E-state index contributed by atoms with van der Waals surface area (Å²) in [6.07, 6.45) is 1.49. The highest BCUT2D eigenvalue weighted by Gasteiger charge is 2.50. The third-order valence-electron chi connectivity index (χ3n) is 6.65. The third kappa shape index (κ3) is 5.07. The number of hydrogen-bond acceptors (Lipinski definition) is 4. The lowest BCUT2D eigenvalue weighted by molar-refractivity contribution is 0.00578. The van der Waals surface area contributed by atoms with Crippen LogP contribution in [0.15, 0.2) is 18.2 Å². The van der Waals surface area contributed by atoms with Crippen molar-refractivity contribution in [2.75, 3.05) is 0 Å². The van der Waals surface area contributed by atoms with E-state index < -0.39 is 8.32 Å². The topological polar surface area (TPSA) is 51.5 Å². The predicted molar refractivity (Wildman–Crippen MR) is 118 cm³/mol. The fourth-order valence-electron chi connectivity index (χ4n) is 2.87. The molecule has 0 radical (unpaired) electrons. The Labute approximate surface area is 172 Å². The lowest BCUT2D eigenvalue weighted by atomic mass is 9.80. The van der Waals surface area contributed by atoms with Gasteiger partial charge in [0.2, 0.25) is 0 Å². The minimum absolute atomic E-state index is 0.174. The molecule has 0 amide bonds. The van der Waals surface area contributed by atoms with Crippen LogP contribution in [-0.2, 0) is 26.8 Å². The second-order valence-electron chi connectivity index (χ2n) is 10.4. The molecular formula is C22H36BNO3Si. The molecule has 1 fully saturated rings. The van der Waals surface area contributed by atoms with Gasteiger partial charge < -0.3 is 13.7 Å². The fourth-order valence-corrected chi connectivity index (χ4v) is 3.83. The normalized spacial score (nSPS) is 18.9. The zero-order valence-electron chi connectivity index (χ0n) is 19.1. The molecule has 0 aliphatic carbocycles. The Morgan fingerprint density at radius 1 is 1.11 bits per heavy atom. The molecule has 0 bridgehead atoms. The molecule has 0 N–H and O–H groups in total. The molecule has 1 saturated heterocycles. The summed E-state index contributed by atoms with van der Waals surface area (Å²) in [7, 11) is -2.04. The largest absolute Gasteiger partial charge is 0.458 e. The molecule has 0 spiro atoms. The molecule has 0 unspecified atom stereocenters. The molecule has 4 nitrogen and oxygen atoms in total. The summed E-state index contributed by atoms with van der Waals surface area (Å²) >= 11 is 0. The lowest BCUT2D eigenvalue weighted by Gasteiger charge is -2.36. The van der Waals surface area contributed by atoms with Crippen molar-refractivity contribution in [3.63, 3.8) is 0 Å². The minimum Gasteiger partial charge on any atom is -0.413 e. The molecule has 6 heteroatoms. The van der Waals surface area contributed by atoms with Crippen molar-refractivity contribution in [2.24, 2.45) is 0 Å². The summed E-state index contributed by atoms with van der Waals surface area (Å²) in [5.41, 5.74) is 2.17. The molecule has 0 saturated carbocycles. The van der Waals surface area contributed by atoms with Gasteiger partial charge in [0.1, 0.15) is 0 Å². The maximum atomic E-state index is 9.61. The van der Waals surface area contributed by atoms with E-state index in [1.165, 1.54) is 0 Å². The summed E-state index contributed by atoms with van der Waals surface area (Å²) in [5.74, 6) is 0. The molecule has 0 aromatic heterocycles. The van der Waals surface area contributed by atoms with E-state index in [1.807, 2.05) is 12.1 Å². The van der Waals surface area contributed by atoms with Crippen LogP contribution >= 0.6 is 0 Å². The van der Waals surface area contributed by atoms with E-state index in [-0.39, 0.29) is 23.4 Å². The number of nitrogens with zero attached hydrogens (tertiary/aromatic N) is 1. The van der Waals surface area contributed by atoms with Crippen LogP contribution in [0.1, 0.15) is 65.2 Å². The zero-order valence-corrected chi connectivity index (χ0v) is 20.1. The Morgan fingerprint density at radius 3 is 2.18 bits per heavy atom. The molecule has 28 heavy (non-hydrogen) atoms. The highest BCUT2D eigenvalue weighted by molar-refractivity contribution is 6.74. The lowest BCUT2D eigenvalue weighted by Crippen LogP contribution is -2.41. The van der Waals surface area contributed by atoms with Gasteiger partial charge in [0.05, 0.1) is 29.4 Å². The number of benzene rings is 1. The quantitative estimate of drug-likeness (QED) is 0.573. The van der Waals surface area contributed by atoms with Crippen LogP contribution in [-0.4, -0.2) is 26.6 Å². The predicted octanol–water partition coefficient (Wildman–Crippen LogP) is 5.71. The van der Waals surface area contributed by atoms with Gasteiger partial charge in [-0.2, -0.15) is 5.26 Å². The molecule has 1 aromatic rings. The maximum absolute atomic E-state index is 9.61. The van der Waals surface area contributed by atoms with Gasteiger partial charge in [-0.3, -0.25) is 0 Å². The summed E-state index contributed by atoms with van der Waals surface area (Å²) in [6, 6.07) is 8.44. The minimum atomic E-state index is -1.81. The van der Waals surface area contributed by atoms with Crippen molar-refractivity contribution >= 4 is 15.4 Å².